The van der Waals surface area contributed by atoms with Crippen molar-refractivity contribution in [1.82, 2.24) is 21.3 Å². The van der Waals surface area contributed by atoms with Crippen molar-refractivity contribution >= 4 is 23.5 Å². The Morgan fingerprint density at radius 3 is 2.52 bits per heavy atom. The van der Waals surface area contributed by atoms with Gasteiger partial charge in [-0.3, -0.25) is 14.6 Å². The average Bonchev–Trinajstić information content (AvgIpc) is 2.61. The zero-order valence-electron chi connectivity index (χ0n) is 16.6. The Morgan fingerprint density at radius 1 is 1.22 bits per heavy atom. The molecule has 0 bridgehead atoms. The maximum Gasteiger partial charge on any atom is 0.239 e. The van der Waals surface area contributed by atoms with Gasteiger partial charge in [0.25, 0.3) is 0 Å². The van der Waals surface area contributed by atoms with Crippen LogP contribution in [0.1, 0.15) is 26.3 Å². The molecule has 8 heteroatoms. The minimum absolute atomic E-state index is 0.0531. The van der Waals surface area contributed by atoms with E-state index in [4.69, 9.17) is 0 Å². The highest BCUT2D eigenvalue weighted by Gasteiger charge is 2.16. The highest BCUT2D eigenvalue weighted by Crippen LogP contribution is 2.16. The monoisotopic (exact) mass is 374 g/mol. The van der Waals surface area contributed by atoms with Gasteiger partial charge in [0.2, 0.25) is 11.8 Å². The summed E-state index contributed by atoms with van der Waals surface area (Å²) in [6.07, 6.45) is 0. The Kier molecular flexibility index (Phi) is 7.04. The molecule has 4 N–H and O–H groups in total. The maximum atomic E-state index is 11.9. The molecule has 27 heavy (non-hydrogen) atoms. The van der Waals surface area contributed by atoms with Crippen molar-refractivity contribution in [2.75, 3.05) is 38.1 Å². The summed E-state index contributed by atoms with van der Waals surface area (Å²) in [5, 5.41) is 11.9. The normalized spacial score (nSPS) is 15.2. The van der Waals surface area contributed by atoms with E-state index in [0.29, 0.717) is 25.6 Å². The van der Waals surface area contributed by atoms with Gasteiger partial charge in [0.05, 0.1) is 13.1 Å². The van der Waals surface area contributed by atoms with Gasteiger partial charge in [0, 0.05) is 37.9 Å². The standard InChI is InChI=1S/C19H30N6O2/c1-19(2,3)24-16(26)12-23-18(20-4)22-11-14-5-7-15(8-6-14)25-10-9-21-17(27)13-25/h5-8H,9-13H2,1-4H3,(H,21,27)(H,24,26)(H2,20,22,23). The SMILES string of the molecule is CN=C(NCC(=O)NC(C)(C)C)NCc1ccc(N2CCNC(=O)C2)cc1. The predicted molar refractivity (Wildman–Crippen MR) is 108 cm³/mol. The van der Waals surface area contributed by atoms with Crippen molar-refractivity contribution in [3.05, 3.63) is 29.8 Å². The molecule has 1 fully saturated rings. The van der Waals surface area contributed by atoms with Crippen LogP contribution in [-0.4, -0.2) is 56.5 Å². The number of anilines is 1. The lowest BCUT2D eigenvalue weighted by atomic mass is 10.1. The third-order valence-electron chi connectivity index (χ3n) is 3.95. The fourth-order valence-electron chi connectivity index (χ4n) is 2.72. The fourth-order valence-corrected chi connectivity index (χ4v) is 2.72. The molecule has 1 saturated heterocycles. The predicted octanol–water partition coefficient (Wildman–Crippen LogP) is 0.203. The van der Waals surface area contributed by atoms with Crippen LogP contribution in [0.4, 0.5) is 5.69 Å². The molecule has 148 valence electrons. The highest BCUT2D eigenvalue weighted by atomic mass is 16.2. The number of amides is 2. The van der Waals surface area contributed by atoms with E-state index in [1.54, 1.807) is 7.05 Å². The van der Waals surface area contributed by atoms with E-state index in [2.05, 4.69) is 31.2 Å². The van der Waals surface area contributed by atoms with E-state index in [-0.39, 0.29) is 23.9 Å². The molecule has 2 rings (SSSR count). The van der Waals surface area contributed by atoms with Crippen LogP contribution in [-0.2, 0) is 16.1 Å². The summed E-state index contributed by atoms with van der Waals surface area (Å²) in [6, 6.07) is 8.08. The molecule has 2 amide bonds. The Bertz CT molecular complexity index is 678. The molecule has 0 spiro atoms. The molecule has 0 radical (unpaired) electrons. The second-order valence-electron chi connectivity index (χ2n) is 7.52. The molecule has 0 atom stereocenters. The summed E-state index contributed by atoms with van der Waals surface area (Å²) in [6.45, 7) is 8.45. The van der Waals surface area contributed by atoms with E-state index in [1.807, 2.05) is 45.0 Å². The van der Waals surface area contributed by atoms with Crippen LogP contribution < -0.4 is 26.2 Å². The van der Waals surface area contributed by atoms with E-state index in [1.165, 1.54) is 0 Å². The quantitative estimate of drug-likeness (QED) is 0.436. The third kappa shape index (κ3) is 7.16. The summed E-state index contributed by atoms with van der Waals surface area (Å²) in [5.74, 6) is 0.536. The van der Waals surface area contributed by atoms with Crippen LogP contribution in [0.5, 0.6) is 0 Å². The van der Waals surface area contributed by atoms with Crippen LogP contribution in [0, 0.1) is 0 Å². The average molecular weight is 374 g/mol. The number of hydrogen-bond acceptors (Lipinski definition) is 4. The van der Waals surface area contributed by atoms with Crippen LogP contribution >= 0.6 is 0 Å². The van der Waals surface area contributed by atoms with Gasteiger partial charge in [-0.25, -0.2) is 0 Å². The van der Waals surface area contributed by atoms with Gasteiger partial charge < -0.3 is 26.2 Å². The molecule has 0 aliphatic carbocycles. The largest absolute Gasteiger partial charge is 0.360 e. The minimum Gasteiger partial charge on any atom is -0.360 e. The summed E-state index contributed by atoms with van der Waals surface area (Å²) in [4.78, 5) is 29.6. The number of benzene rings is 1. The zero-order chi connectivity index (χ0) is 19.9. The molecule has 0 aromatic heterocycles. The summed E-state index contributed by atoms with van der Waals surface area (Å²) >= 11 is 0. The molecule has 1 aromatic carbocycles. The second kappa shape index (κ2) is 9.25. The van der Waals surface area contributed by atoms with Gasteiger partial charge in [0.15, 0.2) is 5.96 Å². The second-order valence-corrected chi connectivity index (χ2v) is 7.52. The minimum atomic E-state index is -0.257. The summed E-state index contributed by atoms with van der Waals surface area (Å²) in [7, 11) is 1.67. The number of rotatable bonds is 5. The van der Waals surface area contributed by atoms with Crippen LogP contribution in [0.2, 0.25) is 0 Å². The van der Waals surface area contributed by atoms with Crippen molar-refractivity contribution in [2.45, 2.75) is 32.9 Å². The first-order chi connectivity index (χ1) is 12.8. The van der Waals surface area contributed by atoms with Crippen molar-refractivity contribution < 1.29 is 9.59 Å². The first-order valence-corrected chi connectivity index (χ1v) is 9.13. The van der Waals surface area contributed by atoms with E-state index < -0.39 is 0 Å². The highest BCUT2D eigenvalue weighted by molar-refractivity contribution is 5.86. The Hall–Kier alpha value is -2.77. The number of piperazine rings is 1. The van der Waals surface area contributed by atoms with Gasteiger partial charge in [-0.2, -0.15) is 0 Å². The maximum absolute atomic E-state index is 11.9. The number of aliphatic imine (C=N–C) groups is 1. The van der Waals surface area contributed by atoms with E-state index >= 15 is 0 Å². The smallest absolute Gasteiger partial charge is 0.239 e. The van der Waals surface area contributed by atoms with E-state index in [9.17, 15) is 9.59 Å². The lowest BCUT2D eigenvalue weighted by Gasteiger charge is -2.28. The molecular weight excluding hydrogens is 344 g/mol. The number of carbonyl (C=O) groups excluding carboxylic acids is 2. The topological polar surface area (TPSA) is 97.9 Å². The Labute approximate surface area is 160 Å². The summed E-state index contributed by atoms with van der Waals surface area (Å²) in [5.41, 5.74) is 1.87. The Balaban J connectivity index is 1.80. The van der Waals surface area contributed by atoms with Gasteiger partial charge >= 0.3 is 0 Å². The van der Waals surface area contributed by atoms with E-state index in [0.717, 1.165) is 17.8 Å². The van der Waals surface area contributed by atoms with Gasteiger partial charge in [-0.15, -0.1) is 0 Å². The van der Waals surface area contributed by atoms with Crippen LogP contribution in [0.3, 0.4) is 0 Å². The van der Waals surface area contributed by atoms with Crippen molar-refractivity contribution in [2.24, 2.45) is 4.99 Å². The first-order valence-electron chi connectivity index (χ1n) is 9.13. The van der Waals surface area contributed by atoms with Crippen molar-refractivity contribution in [3.8, 4) is 0 Å². The zero-order valence-corrected chi connectivity index (χ0v) is 16.6. The lowest BCUT2D eigenvalue weighted by Crippen LogP contribution is -2.48. The first kappa shape index (κ1) is 20.5. The third-order valence-corrected chi connectivity index (χ3v) is 3.95. The molecule has 8 nitrogen and oxygen atoms in total. The van der Waals surface area contributed by atoms with Gasteiger partial charge in [-0.1, -0.05) is 12.1 Å². The number of nitrogens with zero attached hydrogens (tertiary/aromatic N) is 2. The van der Waals surface area contributed by atoms with Crippen molar-refractivity contribution in [1.29, 1.82) is 0 Å². The fraction of sp³-hybridized carbons (Fsp3) is 0.526. The molecule has 1 aliphatic rings. The lowest BCUT2D eigenvalue weighted by molar-refractivity contribution is -0.121. The molecular formula is C19H30N6O2. The molecule has 0 saturated carbocycles. The summed E-state index contributed by atoms with van der Waals surface area (Å²) < 4.78 is 0. The number of nitrogens with one attached hydrogen (secondary N) is 4. The number of guanidine groups is 1. The molecule has 1 aliphatic heterocycles. The Morgan fingerprint density at radius 2 is 1.93 bits per heavy atom. The van der Waals surface area contributed by atoms with Gasteiger partial charge in [0.1, 0.15) is 0 Å². The van der Waals surface area contributed by atoms with Crippen molar-refractivity contribution in [3.63, 3.8) is 0 Å². The molecule has 1 aromatic rings. The molecule has 0 unspecified atom stereocenters. The van der Waals surface area contributed by atoms with Crippen LogP contribution in [0.15, 0.2) is 29.3 Å². The van der Waals surface area contributed by atoms with Gasteiger partial charge in [-0.05, 0) is 38.5 Å². The molecule has 1 heterocycles. The number of carbonyl (C=O) groups is 2. The van der Waals surface area contributed by atoms with Crippen LogP contribution in [0.25, 0.3) is 0 Å². The number of hydrogen-bond donors (Lipinski definition) is 4.